The number of likely N-dealkylation sites (N-methyl/N-ethyl adjacent to an activating group) is 1. The second kappa shape index (κ2) is 14.2. The number of ether oxygens (including phenoxy) is 1. The van der Waals surface area contributed by atoms with Crippen molar-refractivity contribution in [1.82, 2.24) is 16.0 Å². The molecule has 0 aliphatic heterocycles. The first-order valence-corrected chi connectivity index (χ1v) is 10.5. The van der Waals surface area contributed by atoms with Gasteiger partial charge in [0.15, 0.2) is 12.6 Å². The van der Waals surface area contributed by atoms with Gasteiger partial charge >= 0.3 is 0 Å². The second-order valence-electron chi connectivity index (χ2n) is 6.38. The van der Waals surface area contributed by atoms with E-state index < -0.39 is 0 Å². The average Bonchev–Trinajstić information content (AvgIpc) is 3.24. The maximum Gasteiger partial charge on any atom is 0.257 e. The van der Waals surface area contributed by atoms with Crippen molar-refractivity contribution in [2.45, 2.75) is 33.2 Å². The lowest BCUT2D eigenvalue weighted by Gasteiger charge is -2.15. The Labute approximate surface area is 194 Å². The lowest BCUT2D eigenvalue weighted by molar-refractivity contribution is -0.122. The number of halogens is 1. The van der Waals surface area contributed by atoms with Crippen LogP contribution in [0.3, 0.4) is 0 Å². The molecule has 0 bridgehead atoms. The maximum atomic E-state index is 11.5. The van der Waals surface area contributed by atoms with Crippen molar-refractivity contribution >= 4 is 47.2 Å². The van der Waals surface area contributed by atoms with E-state index in [1.807, 2.05) is 31.2 Å². The number of guanidine groups is 1. The first kappa shape index (κ1) is 25.2. The van der Waals surface area contributed by atoms with E-state index in [4.69, 9.17) is 4.74 Å². The summed E-state index contributed by atoms with van der Waals surface area (Å²) >= 11 is 1.77. The zero-order chi connectivity index (χ0) is 20.2. The standard InChI is InChI=1S/C21H30N4O2S.HI/c1-4-22-20(26)15-27-18-9-6-8-17(12-18)14-25-21(23-5-2)24-13-16(3)19-10-7-11-28-19;/h6-12,16H,4-5,13-15H2,1-3H3,(H,22,26)(H2,23,24,25);1H. The molecule has 0 radical (unpaired) electrons. The van der Waals surface area contributed by atoms with E-state index >= 15 is 0 Å². The zero-order valence-electron chi connectivity index (χ0n) is 17.2. The third-order valence-electron chi connectivity index (χ3n) is 4.01. The molecule has 29 heavy (non-hydrogen) atoms. The van der Waals surface area contributed by atoms with Gasteiger partial charge in [-0.05, 0) is 43.0 Å². The molecule has 1 aromatic carbocycles. The quantitative estimate of drug-likeness (QED) is 0.249. The molecule has 0 aliphatic carbocycles. The second-order valence-corrected chi connectivity index (χ2v) is 7.36. The fourth-order valence-corrected chi connectivity index (χ4v) is 3.35. The highest BCUT2D eigenvalue weighted by atomic mass is 127. The highest BCUT2D eigenvalue weighted by Gasteiger charge is 2.08. The summed E-state index contributed by atoms with van der Waals surface area (Å²) in [7, 11) is 0. The summed E-state index contributed by atoms with van der Waals surface area (Å²) in [6, 6.07) is 11.9. The molecule has 1 aromatic heterocycles. The maximum absolute atomic E-state index is 11.5. The van der Waals surface area contributed by atoms with E-state index in [1.165, 1.54) is 4.88 Å². The lowest BCUT2D eigenvalue weighted by atomic mass is 10.1. The van der Waals surface area contributed by atoms with Crippen molar-refractivity contribution < 1.29 is 9.53 Å². The molecule has 1 unspecified atom stereocenters. The summed E-state index contributed by atoms with van der Waals surface area (Å²) in [6.07, 6.45) is 0. The Morgan fingerprint density at radius 3 is 2.62 bits per heavy atom. The number of benzene rings is 1. The van der Waals surface area contributed by atoms with Crippen molar-refractivity contribution in [3.63, 3.8) is 0 Å². The van der Waals surface area contributed by atoms with Crippen molar-refractivity contribution in [2.75, 3.05) is 26.2 Å². The van der Waals surface area contributed by atoms with Crippen molar-refractivity contribution in [3.05, 3.63) is 52.2 Å². The predicted molar refractivity (Wildman–Crippen MR) is 132 cm³/mol. The van der Waals surface area contributed by atoms with Gasteiger partial charge < -0.3 is 20.7 Å². The van der Waals surface area contributed by atoms with E-state index in [-0.39, 0.29) is 36.5 Å². The van der Waals surface area contributed by atoms with Gasteiger partial charge in [0.25, 0.3) is 5.91 Å². The van der Waals surface area contributed by atoms with Crippen LogP contribution >= 0.6 is 35.3 Å². The smallest absolute Gasteiger partial charge is 0.257 e. The van der Waals surface area contributed by atoms with Gasteiger partial charge in [0.05, 0.1) is 6.54 Å². The Bertz CT molecular complexity index is 753. The fourth-order valence-electron chi connectivity index (χ4n) is 2.56. The molecule has 0 saturated carbocycles. The summed E-state index contributed by atoms with van der Waals surface area (Å²) < 4.78 is 5.55. The van der Waals surface area contributed by atoms with Crippen LogP contribution in [0.4, 0.5) is 0 Å². The number of amides is 1. The zero-order valence-corrected chi connectivity index (χ0v) is 20.4. The molecule has 160 valence electrons. The summed E-state index contributed by atoms with van der Waals surface area (Å²) in [4.78, 5) is 17.6. The number of thiophene rings is 1. The monoisotopic (exact) mass is 530 g/mol. The summed E-state index contributed by atoms with van der Waals surface area (Å²) in [5.74, 6) is 1.77. The van der Waals surface area contributed by atoms with Gasteiger partial charge in [0.1, 0.15) is 5.75 Å². The van der Waals surface area contributed by atoms with Crippen LogP contribution in [-0.4, -0.2) is 38.1 Å². The Morgan fingerprint density at radius 1 is 1.14 bits per heavy atom. The first-order valence-electron chi connectivity index (χ1n) is 9.66. The van der Waals surface area contributed by atoms with Crippen LogP contribution in [0.5, 0.6) is 5.75 Å². The molecule has 1 amide bonds. The molecular formula is C21H31IN4O2S. The Morgan fingerprint density at radius 2 is 1.93 bits per heavy atom. The summed E-state index contributed by atoms with van der Waals surface area (Å²) in [5.41, 5.74) is 1.02. The first-order chi connectivity index (χ1) is 13.6. The Kier molecular flexibility index (Phi) is 12.4. The number of carbonyl (C=O) groups is 1. The lowest BCUT2D eigenvalue weighted by Crippen LogP contribution is -2.39. The van der Waals surface area contributed by atoms with Crippen LogP contribution in [0.15, 0.2) is 46.8 Å². The normalized spacial score (nSPS) is 11.9. The molecule has 0 saturated heterocycles. The molecule has 0 spiro atoms. The van der Waals surface area contributed by atoms with Crippen LogP contribution < -0.4 is 20.7 Å². The minimum atomic E-state index is -0.121. The third-order valence-corrected chi connectivity index (χ3v) is 5.11. The fraction of sp³-hybridized carbons (Fsp3) is 0.429. The average molecular weight is 530 g/mol. The van der Waals surface area contributed by atoms with Gasteiger partial charge in [-0.25, -0.2) is 4.99 Å². The third kappa shape index (κ3) is 9.49. The van der Waals surface area contributed by atoms with Gasteiger partial charge in [-0.2, -0.15) is 0 Å². The minimum Gasteiger partial charge on any atom is -0.484 e. The van der Waals surface area contributed by atoms with Crippen LogP contribution in [0.2, 0.25) is 0 Å². The van der Waals surface area contributed by atoms with Gasteiger partial charge in [-0.3, -0.25) is 4.79 Å². The van der Waals surface area contributed by atoms with Crippen molar-refractivity contribution in [3.8, 4) is 5.75 Å². The molecule has 1 atom stereocenters. The van der Waals surface area contributed by atoms with Gasteiger partial charge in [-0.1, -0.05) is 25.1 Å². The van der Waals surface area contributed by atoms with Crippen LogP contribution in [0.25, 0.3) is 0 Å². The molecular weight excluding hydrogens is 499 g/mol. The van der Waals surface area contributed by atoms with E-state index in [0.717, 1.165) is 24.6 Å². The molecule has 1 heterocycles. The SMILES string of the molecule is CCNC(=O)COc1cccc(CN=C(NCC)NCC(C)c2cccs2)c1.I. The molecule has 2 rings (SSSR count). The minimum absolute atomic E-state index is 0. The van der Waals surface area contributed by atoms with E-state index in [0.29, 0.717) is 24.8 Å². The predicted octanol–water partition coefficient (Wildman–Crippen LogP) is 3.74. The Hall–Kier alpha value is -1.81. The van der Waals surface area contributed by atoms with Crippen molar-refractivity contribution in [2.24, 2.45) is 4.99 Å². The number of carbonyl (C=O) groups excluding carboxylic acids is 1. The van der Waals surface area contributed by atoms with Gasteiger partial charge in [0, 0.05) is 30.4 Å². The van der Waals surface area contributed by atoms with Crippen LogP contribution in [0.1, 0.15) is 37.1 Å². The summed E-state index contributed by atoms with van der Waals surface area (Å²) in [6.45, 7) is 8.91. The summed E-state index contributed by atoms with van der Waals surface area (Å²) in [5, 5.41) is 11.5. The van der Waals surface area contributed by atoms with Crippen molar-refractivity contribution in [1.29, 1.82) is 0 Å². The van der Waals surface area contributed by atoms with Gasteiger partial charge in [0.2, 0.25) is 0 Å². The topological polar surface area (TPSA) is 74.8 Å². The van der Waals surface area contributed by atoms with E-state index in [9.17, 15) is 4.79 Å². The molecule has 6 nitrogen and oxygen atoms in total. The number of nitrogens with zero attached hydrogens (tertiary/aromatic N) is 1. The Balaban J connectivity index is 0.00000420. The number of rotatable bonds is 10. The van der Waals surface area contributed by atoms with Crippen LogP contribution in [0, 0.1) is 0 Å². The molecule has 0 fully saturated rings. The molecule has 0 aliphatic rings. The number of nitrogens with one attached hydrogen (secondary N) is 3. The highest BCUT2D eigenvalue weighted by molar-refractivity contribution is 14.0. The highest BCUT2D eigenvalue weighted by Crippen LogP contribution is 2.19. The largest absolute Gasteiger partial charge is 0.484 e. The number of hydrogen-bond donors (Lipinski definition) is 3. The molecule has 2 aromatic rings. The van der Waals surface area contributed by atoms with Gasteiger partial charge in [-0.15, -0.1) is 35.3 Å². The molecule has 8 heteroatoms. The van der Waals surface area contributed by atoms with Crippen LogP contribution in [-0.2, 0) is 11.3 Å². The molecule has 3 N–H and O–H groups in total. The van der Waals surface area contributed by atoms with E-state index in [1.54, 1.807) is 11.3 Å². The number of hydrogen-bond acceptors (Lipinski definition) is 4. The van der Waals surface area contributed by atoms with E-state index in [2.05, 4.69) is 52.3 Å². The number of aliphatic imine (C=N–C) groups is 1.